The van der Waals surface area contributed by atoms with Crippen molar-refractivity contribution in [2.75, 3.05) is 0 Å². The Balaban J connectivity index is 2.34. The van der Waals surface area contributed by atoms with E-state index < -0.39 is 34.3 Å². The minimum absolute atomic E-state index is 0.0821. The number of amides is 1. The van der Waals surface area contributed by atoms with Crippen LogP contribution in [0.25, 0.3) is 0 Å². The Bertz CT molecular complexity index is 491. The topological polar surface area (TPSA) is 49.3 Å². The van der Waals surface area contributed by atoms with Crippen LogP contribution >= 0.6 is 11.8 Å². The highest BCUT2D eigenvalue weighted by Crippen LogP contribution is 2.38. The van der Waals surface area contributed by atoms with Gasteiger partial charge in [-0.2, -0.15) is 13.2 Å². The Morgan fingerprint density at radius 1 is 1.33 bits per heavy atom. The number of carbonyl (C=O) groups is 1. The molecule has 2 unspecified atom stereocenters. The van der Waals surface area contributed by atoms with E-state index in [9.17, 15) is 22.4 Å². The number of carbonyl (C=O) groups excluding carboxylic acids is 1. The van der Waals surface area contributed by atoms with Crippen LogP contribution in [0.5, 0.6) is 0 Å². The molecule has 1 fully saturated rings. The minimum Gasteiger partial charge on any atom is -0.373 e. The Labute approximate surface area is 103 Å². The maximum absolute atomic E-state index is 13.0. The highest BCUT2D eigenvalue weighted by atomic mass is 32.2. The predicted octanol–water partition coefficient (Wildman–Crippen LogP) is 2.02. The van der Waals surface area contributed by atoms with E-state index in [1.165, 1.54) is 0 Å². The number of hydrogen-bond acceptors (Lipinski definition) is 3. The lowest BCUT2D eigenvalue weighted by Gasteiger charge is -2.13. The number of nitrogens with one attached hydrogen (secondary N) is 1. The van der Waals surface area contributed by atoms with Crippen LogP contribution in [0.15, 0.2) is 18.2 Å². The minimum atomic E-state index is -4.80. The van der Waals surface area contributed by atoms with Crippen LogP contribution in [-0.2, 0) is 11.0 Å². The van der Waals surface area contributed by atoms with Crippen LogP contribution < -0.4 is 5.32 Å². The monoisotopic (exact) mass is 281 g/mol. The molecule has 0 spiro atoms. The lowest BCUT2D eigenvalue weighted by Crippen LogP contribution is -2.23. The Hall–Kier alpha value is -1.28. The van der Waals surface area contributed by atoms with Crippen LogP contribution in [0.2, 0.25) is 0 Å². The molecule has 2 atom stereocenters. The van der Waals surface area contributed by atoms with Gasteiger partial charge in [0.25, 0.3) is 5.91 Å². The first-order chi connectivity index (χ1) is 8.29. The smallest absolute Gasteiger partial charge is 0.373 e. The summed E-state index contributed by atoms with van der Waals surface area (Å²) in [5.74, 6) is -2.05. The molecule has 1 aromatic carbocycles. The molecule has 2 N–H and O–H groups in total. The molecule has 1 aromatic rings. The Kier molecular flexibility index (Phi) is 3.24. The third-order valence-corrected chi connectivity index (χ3v) is 3.50. The van der Waals surface area contributed by atoms with Gasteiger partial charge in [0.15, 0.2) is 5.44 Å². The number of alkyl halides is 3. The number of thioether (sulfide) groups is 1. The van der Waals surface area contributed by atoms with E-state index in [0.29, 0.717) is 12.1 Å². The molecule has 1 saturated heterocycles. The first-order valence-corrected chi connectivity index (χ1v) is 5.74. The maximum Gasteiger partial charge on any atom is 0.419 e. The second-order valence-corrected chi connectivity index (χ2v) is 4.80. The fourth-order valence-corrected chi connectivity index (χ4v) is 2.45. The van der Waals surface area contributed by atoms with Crippen LogP contribution in [0.3, 0.4) is 0 Å². The van der Waals surface area contributed by atoms with Crippen molar-refractivity contribution < 1.29 is 27.5 Å². The molecule has 3 nitrogen and oxygen atoms in total. The second-order valence-electron chi connectivity index (χ2n) is 3.61. The van der Waals surface area contributed by atoms with Gasteiger partial charge < -0.3 is 10.4 Å². The summed E-state index contributed by atoms with van der Waals surface area (Å²) in [6.45, 7) is 0. The summed E-state index contributed by atoms with van der Waals surface area (Å²) in [5, 5.41) is 10.7. The van der Waals surface area contributed by atoms with Crippen LogP contribution in [0, 0.1) is 5.82 Å². The highest BCUT2D eigenvalue weighted by molar-refractivity contribution is 8.01. The number of benzene rings is 1. The third kappa shape index (κ3) is 2.44. The number of halogens is 4. The van der Waals surface area contributed by atoms with Crippen molar-refractivity contribution >= 4 is 17.7 Å². The predicted molar refractivity (Wildman–Crippen MR) is 55.9 cm³/mol. The van der Waals surface area contributed by atoms with Gasteiger partial charge >= 0.3 is 6.18 Å². The second kappa shape index (κ2) is 4.43. The summed E-state index contributed by atoms with van der Waals surface area (Å²) in [6.07, 6.45) is -4.80. The van der Waals surface area contributed by atoms with Gasteiger partial charge in [0.05, 0.1) is 5.56 Å². The van der Waals surface area contributed by atoms with Crippen molar-refractivity contribution in [2.24, 2.45) is 0 Å². The standard InChI is InChI=1S/C10H7F4NO2S/c11-6-2-1-4(3-5(6)10(12,13)14)8-15-7(16)9(17)18-8/h1-3,8-9,17H,(H,15,16). The molecule has 8 heteroatoms. The largest absolute Gasteiger partial charge is 0.419 e. The first kappa shape index (κ1) is 13.2. The van der Waals surface area contributed by atoms with Gasteiger partial charge in [-0.1, -0.05) is 17.8 Å². The fraction of sp³-hybridized carbons (Fsp3) is 0.300. The molecular weight excluding hydrogens is 274 g/mol. The Morgan fingerprint density at radius 2 is 2.00 bits per heavy atom. The molecule has 0 aliphatic carbocycles. The summed E-state index contributed by atoms with van der Waals surface area (Å²) < 4.78 is 50.5. The summed E-state index contributed by atoms with van der Waals surface area (Å²) in [5.41, 5.74) is -2.63. The van der Waals surface area contributed by atoms with Crippen molar-refractivity contribution in [2.45, 2.75) is 17.0 Å². The molecule has 0 radical (unpaired) electrons. The van der Waals surface area contributed by atoms with Crippen molar-refractivity contribution in [3.8, 4) is 0 Å². The lowest BCUT2D eigenvalue weighted by molar-refractivity contribution is -0.140. The summed E-state index contributed by atoms with van der Waals surface area (Å²) in [6, 6.07) is 2.46. The number of aliphatic hydroxyl groups excluding tert-OH is 1. The van der Waals surface area contributed by atoms with Crippen molar-refractivity contribution in [1.82, 2.24) is 5.32 Å². The van der Waals surface area contributed by atoms with E-state index in [2.05, 4.69) is 5.32 Å². The van der Waals surface area contributed by atoms with Gasteiger partial charge in [0.1, 0.15) is 11.2 Å². The lowest BCUT2D eigenvalue weighted by atomic mass is 10.1. The first-order valence-electron chi connectivity index (χ1n) is 4.79. The van der Waals surface area contributed by atoms with Crippen molar-refractivity contribution in [1.29, 1.82) is 0 Å². The van der Waals surface area contributed by atoms with Crippen LogP contribution in [0.1, 0.15) is 16.5 Å². The van der Waals surface area contributed by atoms with Gasteiger partial charge in [-0.05, 0) is 17.7 Å². The molecule has 0 bridgehead atoms. The quantitative estimate of drug-likeness (QED) is 0.774. The van der Waals surface area contributed by atoms with Crippen molar-refractivity contribution in [3.63, 3.8) is 0 Å². The van der Waals surface area contributed by atoms with Gasteiger partial charge in [-0.15, -0.1) is 0 Å². The van der Waals surface area contributed by atoms with Crippen LogP contribution in [0.4, 0.5) is 17.6 Å². The van der Waals surface area contributed by atoms with E-state index >= 15 is 0 Å². The fourth-order valence-electron chi connectivity index (χ4n) is 1.51. The molecule has 98 valence electrons. The van der Waals surface area contributed by atoms with Crippen molar-refractivity contribution in [3.05, 3.63) is 35.1 Å². The molecule has 1 heterocycles. The van der Waals surface area contributed by atoms with Gasteiger partial charge in [0.2, 0.25) is 0 Å². The molecule has 1 amide bonds. The van der Waals surface area contributed by atoms with E-state index in [4.69, 9.17) is 5.11 Å². The SMILES string of the molecule is O=C1NC(c2ccc(F)c(C(F)(F)F)c2)SC1O. The average molecular weight is 281 g/mol. The zero-order chi connectivity index (χ0) is 13.5. The Morgan fingerprint density at radius 3 is 2.50 bits per heavy atom. The zero-order valence-corrected chi connectivity index (χ0v) is 9.48. The molecule has 1 aliphatic heterocycles. The van der Waals surface area contributed by atoms with E-state index in [-0.39, 0.29) is 5.56 Å². The zero-order valence-electron chi connectivity index (χ0n) is 8.66. The van der Waals surface area contributed by atoms with E-state index in [0.717, 1.165) is 17.8 Å². The van der Waals surface area contributed by atoms with E-state index in [1.807, 2.05) is 0 Å². The molecule has 0 saturated carbocycles. The van der Waals surface area contributed by atoms with E-state index in [1.54, 1.807) is 0 Å². The summed E-state index contributed by atoms with van der Waals surface area (Å²) >= 11 is 0.757. The maximum atomic E-state index is 13.0. The van der Waals surface area contributed by atoms with Gasteiger partial charge in [0, 0.05) is 0 Å². The average Bonchev–Trinajstić information content (AvgIpc) is 2.58. The number of hydrogen-bond donors (Lipinski definition) is 2. The third-order valence-electron chi connectivity index (χ3n) is 2.36. The number of aliphatic hydroxyl groups is 1. The number of rotatable bonds is 1. The summed E-state index contributed by atoms with van der Waals surface area (Å²) in [7, 11) is 0. The molecule has 1 aliphatic rings. The van der Waals surface area contributed by atoms with Crippen LogP contribution in [-0.4, -0.2) is 16.4 Å². The molecule has 2 rings (SSSR count). The molecule has 0 aromatic heterocycles. The molecular formula is C10H7F4NO2S. The van der Waals surface area contributed by atoms with Gasteiger partial charge in [-0.25, -0.2) is 4.39 Å². The van der Waals surface area contributed by atoms with Gasteiger partial charge in [-0.3, -0.25) is 4.79 Å². The summed E-state index contributed by atoms with van der Waals surface area (Å²) in [4.78, 5) is 11.0. The normalized spacial score (nSPS) is 24.2. The molecule has 18 heavy (non-hydrogen) atoms. The highest BCUT2D eigenvalue weighted by Gasteiger charge is 2.37.